The summed E-state index contributed by atoms with van der Waals surface area (Å²) in [6, 6.07) is 17.2. The number of morpholine rings is 1. The summed E-state index contributed by atoms with van der Waals surface area (Å²) in [5, 5.41) is 9.56. The number of nitrogen functional groups attached to an aromatic ring is 1. The molecule has 5 heteroatoms. The van der Waals surface area contributed by atoms with Gasteiger partial charge in [-0.15, -0.1) is 0 Å². The van der Waals surface area contributed by atoms with Crippen LogP contribution in [0.5, 0.6) is 0 Å². The van der Waals surface area contributed by atoms with Crippen molar-refractivity contribution in [2.75, 3.05) is 48.4 Å². The van der Waals surface area contributed by atoms with Gasteiger partial charge in [0.1, 0.15) is 6.07 Å². The van der Waals surface area contributed by atoms with Gasteiger partial charge >= 0.3 is 0 Å². The molecule has 2 fully saturated rings. The Morgan fingerprint density at radius 1 is 1.00 bits per heavy atom. The Kier molecular flexibility index (Phi) is 5.17. The average molecular weight is 362 g/mol. The maximum Gasteiger partial charge on any atom is 0.101 e. The van der Waals surface area contributed by atoms with Gasteiger partial charge in [0.25, 0.3) is 0 Å². The lowest BCUT2D eigenvalue weighted by Crippen LogP contribution is -2.36. The molecule has 2 heterocycles. The fraction of sp³-hybridized carbons (Fsp3) is 0.409. The topological polar surface area (TPSA) is 65.5 Å². The van der Waals surface area contributed by atoms with E-state index in [1.54, 1.807) is 6.07 Å². The largest absolute Gasteiger partial charge is 0.399 e. The van der Waals surface area contributed by atoms with E-state index in [1.165, 1.54) is 17.7 Å². The van der Waals surface area contributed by atoms with Gasteiger partial charge in [0.2, 0.25) is 0 Å². The van der Waals surface area contributed by atoms with Crippen LogP contribution in [0, 0.1) is 11.3 Å². The molecule has 2 N–H and O–H groups in total. The molecule has 0 spiro atoms. The second-order valence-electron chi connectivity index (χ2n) is 7.28. The highest BCUT2D eigenvalue weighted by atomic mass is 16.5. The van der Waals surface area contributed by atoms with Crippen molar-refractivity contribution in [2.45, 2.75) is 25.3 Å². The first-order valence-corrected chi connectivity index (χ1v) is 9.75. The highest BCUT2D eigenvalue weighted by Crippen LogP contribution is 2.37. The van der Waals surface area contributed by atoms with Gasteiger partial charge in [-0.2, -0.15) is 5.26 Å². The van der Waals surface area contributed by atoms with Gasteiger partial charge in [0.15, 0.2) is 0 Å². The Balaban J connectivity index is 1.60. The Labute approximate surface area is 160 Å². The first-order chi connectivity index (χ1) is 13.3. The number of hydrogen-bond acceptors (Lipinski definition) is 5. The van der Waals surface area contributed by atoms with Crippen molar-refractivity contribution in [1.82, 2.24) is 0 Å². The van der Waals surface area contributed by atoms with Gasteiger partial charge in [-0.3, -0.25) is 0 Å². The van der Waals surface area contributed by atoms with Gasteiger partial charge < -0.3 is 20.3 Å². The Morgan fingerprint density at radius 3 is 2.52 bits per heavy atom. The minimum absolute atomic E-state index is 0.299. The fourth-order valence-corrected chi connectivity index (χ4v) is 4.19. The normalized spacial score (nSPS) is 20.3. The standard InChI is InChI=1S/C22H26N4O/c23-16-18-15-19(24)6-9-22(18)26-10-2-1-3-21(26)17-4-7-20(8-5-17)25-11-13-27-14-12-25/h4-9,15,21H,1-3,10-14,24H2. The fourth-order valence-electron chi connectivity index (χ4n) is 4.19. The summed E-state index contributed by atoms with van der Waals surface area (Å²) < 4.78 is 5.45. The molecule has 1 atom stereocenters. The summed E-state index contributed by atoms with van der Waals surface area (Å²) in [4.78, 5) is 4.75. The first kappa shape index (κ1) is 17.7. The van der Waals surface area contributed by atoms with Crippen LogP contribution in [0.25, 0.3) is 0 Å². The van der Waals surface area contributed by atoms with E-state index in [-0.39, 0.29) is 0 Å². The highest BCUT2D eigenvalue weighted by molar-refractivity contribution is 5.65. The van der Waals surface area contributed by atoms with Crippen LogP contribution in [0.4, 0.5) is 17.1 Å². The minimum atomic E-state index is 0.299. The molecule has 1 unspecified atom stereocenters. The maximum atomic E-state index is 9.56. The summed E-state index contributed by atoms with van der Waals surface area (Å²) in [5.74, 6) is 0. The summed E-state index contributed by atoms with van der Waals surface area (Å²) >= 11 is 0. The summed E-state index contributed by atoms with van der Waals surface area (Å²) in [7, 11) is 0. The Morgan fingerprint density at radius 2 is 1.78 bits per heavy atom. The molecule has 140 valence electrons. The van der Waals surface area contributed by atoms with E-state index < -0.39 is 0 Å². The van der Waals surface area contributed by atoms with Gasteiger partial charge in [0, 0.05) is 31.0 Å². The number of ether oxygens (including phenoxy) is 1. The van der Waals surface area contributed by atoms with Gasteiger partial charge in [-0.05, 0) is 55.2 Å². The van der Waals surface area contributed by atoms with Crippen LogP contribution in [0.15, 0.2) is 42.5 Å². The number of nitrogens with zero attached hydrogens (tertiary/aromatic N) is 3. The zero-order chi connectivity index (χ0) is 18.6. The molecule has 0 amide bonds. The van der Waals surface area contributed by atoms with Crippen molar-refractivity contribution in [2.24, 2.45) is 0 Å². The monoisotopic (exact) mass is 362 g/mol. The SMILES string of the molecule is N#Cc1cc(N)ccc1N1CCCCC1c1ccc(N2CCOCC2)cc1. The lowest BCUT2D eigenvalue weighted by atomic mass is 9.93. The molecule has 0 aliphatic carbocycles. The molecule has 2 saturated heterocycles. The van der Waals surface area contributed by atoms with Crippen LogP contribution in [-0.2, 0) is 4.74 Å². The molecule has 5 nitrogen and oxygen atoms in total. The van der Waals surface area contributed by atoms with Crippen LogP contribution in [-0.4, -0.2) is 32.8 Å². The number of benzene rings is 2. The molecule has 2 aliphatic heterocycles. The summed E-state index contributed by atoms with van der Waals surface area (Å²) in [5.41, 5.74) is 10.7. The van der Waals surface area contributed by atoms with Gasteiger partial charge in [-0.25, -0.2) is 0 Å². The quantitative estimate of drug-likeness (QED) is 0.843. The molecule has 2 aromatic carbocycles. The number of nitriles is 1. The van der Waals surface area contributed by atoms with Crippen LogP contribution in [0.1, 0.15) is 36.4 Å². The molecule has 2 aromatic rings. The van der Waals surface area contributed by atoms with Crippen LogP contribution >= 0.6 is 0 Å². The average Bonchev–Trinajstić information content (AvgIpc) is 2.74. The van der Waals surface area contributed by atoms with Crippen molar-refractivity contribution in [1.29, 1.82) is 5.26 Å². The summed E-state index contributed by atoms with van der Waals surface area (Å²) in [6.07, 6.45) is 3.47. The third kappa shape index (κ3) is 3.72. The maximum absolute atomic E-state index is 9.56. The van der Waals surface area contributed by atoms with E-state index in [2.05, 4.69) is 40.1 Å². The molecule has 0 bridgehead atoms. The van der Waals surface area contributed by atoms with E-state index in [4.69, 9.17) is 10.5 Å². The number of piperidine rings is 1. The molecule has 4 rings (SSSR count). The number of hydrogen-bond donors (Lipinski definition) is 1. The molecule has 2 aliphatic rings. The second kappa shape index (κ2) is 7.89. The predicted molar refractivity (Wildman–Crippen MR) is 109 cm³/mol. The second-order valence-corrected chi connectivity index (χ2v) is 7.28. The third-order valence-corrected chi connectivity index (χ3v) is 5.61. The number of nitrogens with two attached hydrogens (primary N) is 1. The number of anilines is 3. The van der Waals surface area contributed by atoms with Crippen molar-refractivity contribution in [3.63, 3.8) is 0 Å². The molecule has 0 radical (unpaired) electrons. The molecular weight excluding hydrogens is 336 g/mol. The third-order valence-electron chi connectivity index (χ3n) is 5.61. The lowest BCUT2D eigenvalue weighted by Gasteiger charge is -2.38. The molecule has 27 heavy (non-hydrogen) atoms. The van der Waals surface area contributed by atoms with Gasteiger partial charge in [0.05, 0.1) is 30.5 Å². The number of rotatable bonds is 3. The Hall–Kier alpha value is -2.71. The van der Waals surface area contributed by atoms with Gasteiger partial charge in [-0.1, -0.05) is 12.1 Å². The van der Waals surface area contributed by atoms with E-state index in [0.29, 0.717) is 17.3 Å². The highest BCUT2D eigenvalue weighted by Gasteiger charge is 2.26. The van der Waals surface area contributed by atoms with Crippen LogP contribution in [0.2, 0.25) is 0 Å². The van der Waals surface area contributed by atoms with Crippen molar-refractivity contribution >= 4 is 17.1 Å². The van der Waals surface area contributed by atoms with Crippen LogP contribution in [0.3, 0.4) is 0 Å². The van der Waals surface area contributed by atoms with Crippen LogP contribution < -0.4 is 15.5 Å². The zero-order valence-electron chi connectivity index (χ0n) is 15.6. The van der Waals surface area contributed by atoms with Crippen molar-refractivity contribution < 1.29 is 4.74 Å². The van der Waals surface area contributed by atoms with Crippen molar-refractivity contribution in [3.05, 3.63) is 53.6 Å². The molecule has 0 aromatic heterocycles. The Bertz CT molecular complexity index is 821. The first-order valence-electron chi connectivity index (χ1n) is 9.75. The summed E-state index contributed by atoms with van der Waals surface area (Å²) in [6.45, 7) is 4.46. The molecule has 0 saturated carbocycles. The van der Waals surface area contributed by atoms with E-state index in [9.17, 15) is 5.26 Å². The minimum Gasteiger partial charge on any atom is -0.399 e. The molecular formula is C22H26N4O. The predicted octanol–water partition coefficient (Wildman–Crippen LogP) is 3.71. The van der Waals surface area contributed by atoms with E-state index in [1.807, 2.05) is 12.1 Å². The van der Waals surface area contributed by atoms with Crippen molar-refractivity contribution in [3.8, 4) is 6.07 Å². The lowest BCUT2D eigenvalue weighted by molar-refractivity contribution is 0.122. The smallest absolute Gasteiger partial charge is 0.101 e. The zero-order valence-corrected chi connectivity index (χ0v) is 15.6. The van der Waals surface area contributed by atoms with E-state index in [0.717, 1.165) is 51.4 Å². The van der Waals surface area contributed by atoms with E-state index >= 15 is 0 Å².